The highest BCUT2D eigenvalue weighted by Crippen LogP contribution is 2.20. The molecule has 0 aromatic heterocycles. The molecule has 0 bridgehead atoms. The highest BCUT2D eigenvalue weighted by molar-refractivity contribution is 7.90. The van der Waals surface area contributed by atoms with E-state index in [0.717, 1.165) is 5.56 Å². The minimum atomic E-state index is -3.39. The van der Waals surface area contributed by atoms with Crippen LogP contribution in [0.1, 0.15) is 43.9 Å². The van der Waals surface area contributed by atoms with Gasteiger partial charge in [0.05, 0.1) is 17.4 Å². The zero-order valence-electron chi connectivity index (χ0n) is 15.1. The first-order chi connectivity index (χ1) is 12.2. The van der Waals surface area contributed by atoms with Gasteiger partial charge in [0.1, 0.15) is 5.84 Å². The fourth-order valence-electron chi connectivity index (χ4n) is 2.87. The first-order valence-corrected chi connectivity index (χ1v) is 10.3. The smallest absolute Gasteiger partial charge is 0.256 e. The molecule has 0 fully saturated rings. The molecule has 0 spiro atoms. The molecule has 0 radical (unpaired) electrons. The zero-order valence-corrected chi connectivity index (χ0v) is 16.0. The Morgan fingerprint density at radius 1 is 1.12 bits per heavy atom. The highest BCUT2D eigenvalue weighted by atomic mass is 32.2. The summed E-state index contributed by atoms with van der Waals surface area (Å²) in [6.07, 6.45) is 4.81. The van der Waals surface area contributed by atoms with Crippen molar-refractivity contribution in [2.24, 2.45) is 4.40 Å². The SMILES string of the molecule is CC(C)c1ccc(C(C)NC(=O)C2=CN3CCS(=O)(=O)N=C3C=C2)cc1. The Labute approximate surface area is 154 Å². The first-order valence-electron chi connectivity index (χ1n) is 8.65. The van der Waals surface area contributed by atoms with Crippen molar-refractivity contribution in [3.63, 3.8) is 0 Å². The largest absolute Gasteiger partial charge is 0.345 e. The van der Waals surface area contributed by atoms with Crippen LogP contribution >= 0.6 is 0 Å². The van der Waals surface area contributed by atoms with Gasteiger partial charge in [-0.05, 0) is 36.1 Å². The van der Waals surface area contributed by atoms with Crippen LogP contribution < -0.4 is 5.32 Å². The predicted octanol–water partition coefficient (Wildman–Crippen LogP) is 2.48. The third-order valence-corrected chi connectivity index (χ3v) is 5.70. The number of amidine groups is 1. The van der Waals surface area contributed by atoms with E-state index in [1.54, 1.807) is 23.3 Å². The van der Waals surface area contributed by atoms with Crippen LogP contribution in [-0.2, 0) is 14.8 Å². The van der Waals surface area contributed by atoms with Crippen LogP contribution in [0.4, 0.5) is 0 Å². The van der Waals surface area contributed by atoms with Gasteiger partial charge in [-0.15, -0.1) is 4.40 Å². The van der Waals surface area contributed by atoms with Gasteiger partial charge in [-0.3, -0.25) is 4.79 Å². The lowest BCUT2D eigenvalue weighted by atomic mass is 9.99. The van der Waals surface area contributed by atoms with Crippen molar-refractivity contribution in [1.82, 2.24) is 10.2 Å². The summed E-state index contributed by atoms with van der Waals surface area (Å²) in [7, 11) is -3.39. The van der Waals surface area contributed by atoms with Crippen molar-refractivity contribution in [3.8, 4) is 0 Å². The van der Waals surface area contributed by atoms with E-state index in [4.69, 9.17) is 0 Å². The minimum absolute atomic E-state index is 0.0473. The summed E-state index contributed by atoms with van der Waals surface area (Å²) in [5.74, 6) is 0.573. The lowest BCUT2D eigenvalue weighted by Crippen LogP contribution is -2.38. The number of carbonyl (C=O) groups excluding carboxylic acids is 1. The third kappa shape index (κ3) is 4.04. The molecule has 138 valence electrons. The summed E-state index contributed by atoms with van der Waals surface area (Å²) in [6.45, 7) is 6.53. The summed E-state index contributed by atoms with van der Waals surface area (Å²) in [5.41, 5.74) is 2.78. The molecule has 1 atom stereocenters. The van der Waals surface area contributed by atoms with E-state index >= 15 is 0 Å². The van der Waals surface area contributed by atoms with E-state index in [1.165, 1.54) is 5.56 Å². The molecular formula is C19H23N3O3S. The molecule has 2 aliphatic heterocycles. The lowest BCUT2D eigenvalue weighted by Gasteiger charge is -2.27. The molecule has 7 heteroatoms. The first kappa shape index (κ1) is 18.4. The number of amides is 1. The van der Waals surface area contributed by atoms with E-state index in [1.807, 2.05) is 19.1 Å². The molecule has 0 saturated carbocycles. The van der Waals surface area contributed by atoms with E-state index in [-0.39, 0.29) is 17.7 Å². The number of hydrogen-bond acceptors (Lipinski definition) is 4. The van der Waals surface area contributed by atoms with Crippen LogP contribution in [0.5, 0.6) is 0 Å². The van der Waals surface area contributed by atoms with Crippen molar-refractivity contribution in [1.29, 1.82) is 0 Å². The second kappa shape index (κ2) is 7.07. The van der Waals surface area contributed by atoms with Crippen molar-refractivity contribution < 1.29 is 13.2 Å². The maximum absolute atomic E-state index is 12.5. The van der Waals surface area contributed by atoms with Crippen LogP contribution in [0.2, 0.25) is 0 Å². The fourth-order valence-corrected chi connectivity index (χ4v) is 3.84. The summed E-state index contributed by atoms with van der Waals surface area (Å²) in [4.78, 5) is 14.2. The van der Waals surface area contributed by atoms with Crippen molar-refractivity contribution in [3.05, 3.63) is 59.3 Å². The number of carbonyl (C=O) groups is 1. The molecule has 3 rings (SSSR count). The molecule has 6 nitrogen and oxygen atoms in total. The molecular weight excluding hydrogens is 350 g/mol. The van der Waals surface area contributed by atoms with Gasteiger partial charge in [0.2, 0.25) is 0 Å². The maximum Gasteiger partial charge on any atom is 0.256 e. The van der Waals surface area contributed by atoms with Crippen molar-refractivity contribution in [2.45, 2.75) is 32.7 Å². The average Bonchev–Trinajstić information content (AvgIpc) is 2.60. The number of hydrogen-bond donors (Lipinski definition) is 1. The van der Waals surface area contributed by atoms with Crippen molar-refractivity contribution >= 4 is 21.8 Å². The number of benzene rings is 1. The Hall–Kier alpha value is -2.41. The van der Waals surface area contributed by atoms with Crippen LogP contribution in [0.15, 0.2) is 52.6 Å². The Bertz CT molecular complexity index is 896. The minimum Gasteiger partial charge on any atom is -0.345 e. The monoisotopic (exact) mass is 373 g/mol. The van der Waals surface area contributed by atoms with E-state index in [2.05, 4.69) is 35.7 Å². The molecule has 1 N–H and O–H groups in total. The summed E-state index contributed by atoms with van der Waals surface area (Å²) >= 11 is 0. The number of nitrogens with one attached hydrogen (secondary N) is 1. The second-order valence-corrected chi connectivity index (χ2v) is 8.62. The molecule has 2 aliphatic rings. The summed E-state index contributed by atoms with van der Waals surface area (Å²) < 4.78 is 26.8. The molecule has 0 saturated heterocycles. The maximum atomic E-state index is 12.5. The van der Waals surface area contributed by atoms with Gasteiger partial charge in [-0.2, -0.15) is 0 Å². The lowest BCUT2D eigenvalue weighted by molar-refractivity contribution is -0.117. The molecule has 0 aliphatic carbocycles. The summed E-state index contributed by atoms with van der Waals surface area (Å²) in [5, 5.41) is 2.98. The Morgan fingerprint density at radius 2 is 1.77 bits per heavy atom. The van der Waals surface area contributed by atoms with Gasteiger partial charge in [-0.25, -0.2) is 8.42 Å². The highest BCUT2D eigenvalue weighted by Gasteiger charge is 2.25. The molecule has 1 unspecified atom stereocenters. The van der Waals surface area contributed by atoms with Crippen LogP contribution in [0.3, 0.4) is 0 Å². The fraction of sp³-hybridized carbons (Fsp3) is 0.368. The van der Waals surface area contributed by atoms with Gasteiger partial charge in [0.25, 0.3) is 15.9 Å². The van der Waals surface area contributed by atoms with E-state index in [0.29, 0.717) is 23.9 Å². The third-order valence-electron chi connectivity index (χ3n) is 4.54. The number of nitrogens with zero attached hydrogens (tertiary/aromatic N) is 2. The van der Waals surface area contributed by atoms with Crippen molar-refractivity contribution in [2.75, 3.05) is 12.3 Å². The second-order valence-electron chi connectivity index (χ2n) is 6.86. The van der Waals surface area contributed by atoms with Crippen LogP contribution in [0, 0.1) is 0 Å². The van der Waals surface area contributed by atoms with Gasteiger partial charge in [0.15, 0.2) is 0 Å². The molecule has 1 aromatic rings. The van der Waals surface area contributed by atoms with Gasteiger partial charge in [-0.1, -0.05) is 38.1 Å². The summed E-state index contributed by atoms with van der Waals surface area (Å²) in [6, 6.07) is 8.10. The average molecular weight is 373 g/mol. The molecule has 1 aromatic carbocycles. The Kier molecular flexibility index (Phi) is 5.00. The van der Waals surface area contributed by atoms with Crippen LogP contribution in [0.25, 0.3) is 0 Å². The zero-order chi connectivity index (χ0) is 18.9. The standard InChI is InChI=1S/C19H23N3O3S/c1-13(2)15-4-6-16(7-5-15)14(3)20-19(23)17-8-9-18-21-26(24,25)11-10-22(18)12-17/h4-9,12-14H,10-11H2,1-3H3,(H,20,23). The predicted molar refractivity (Wildman–Crippen MR) is 102 cm³/mol. The topological polar surface area (TPSA) is 78.8 Å². The number of rotatable bonds is 4. The molecule has 2 heterocycles. The van der Waals surface area contributed by atoms with E-state index in [9.17, 15) is 13.2 Å². The quantitative estimate of drug-likeness (QED) is 0.879. The van der Waals surface area contributed by atoms with Gasteiger partial charge < -0.3 is 10.2 Å². The van der Waals surface area contributed by atoms with Crippen LogP contribution in [-0.4, -0.2) is 37.4 Å². The number of sulfonamides is 1. The Balaban J connectivity index is 1.69. The molecule has 26 heavy (non-hydrogen) atoms. The molecule has 1 amide bonds. The Morgan fingerprint density at radius 3 is 2.42 bits per heavy atom. The van der Waals surface area contributed by atoms with E-state index < -0.39 is 10.0 Å². The normalized spacial score (nSPS) is 19.5. The van der Waals surface area contributed by atoms with Gasteiger partial charge >= 0.3 is 0 Å². The van der Waals surface area contributed by atoms with Gasteiger partial charge in [0, 0.05) is 12.7 Å². The number of fused-ring (bicyclic) bond motifs is 1.